The number of fused-ring (bicyclic) bond motifs is 1. The first-order valence-corrected chi connectivity index (χ1v) is 13.2. The predicted molar refractivity (Wildman–Crippen MR) is 149 cm³/mol. The van der Waals surface area contributed by atoms with Crippen LogP contribution in [0.4, 0.5) is 5.82 Å². The van der Waals surface area contributed by atoms with E-state index in [1.807, 2.05) is 56.3 Å². The molecule has 2 aromatic heterocycles. The molecule has 1 saturated heterocycles. The summed E-state index contributed by atoms with van der Waals surface area (Å²) in [6.07, 6.45) is 5.26. The molecule has 1 aliphatic rings. The summed E-state index contributed by atoms with van der Waals surface area (Å²) in [5.74, 6) is 0.433. The largest absolute Gasteiger partial charge is 0.356 e. The topological polar surface area (TPSA) is 57.9 Å². The molecule has 3 heterocycles. The van der Waals surface area contributed by atoms with Crippen molar-refractivity contribution in [2.75, 3.05) is 18.0 Å². The van der Waals surface area contributed by atoms with E-state index in [0.29, 0.717) is 26.3 Å². The van der Waals surface area contributed by atoms with Crippen molar-refractivity contribution in [3.63, 3.8) is 0 Å². The lowest BCUT2D eigenvalue weighted by molar-refractivity contribution is -0.123. The average molecular weight is 507 g/mol. The third-order valence-corrected chi connectivity index (χ3v) is 7.45. The van der Waals surface area contributed by atoms with Crippen molar-refractivity contribution >= 4 is 51.7 Å². The second-order valence-electron chi connectivity index (χ2n) is 8.66. The lowest BCUT2D eigenvalue weighted by Crippen LogP contribution is -2.32. The molecule has 6 nitrogen and oxygen atoms in total. The number of thiocarbonyl (C=S) groups is 1. The Morgan fingerprint density at radius 1 is 1.09 bits per heavy atom. The third kappa shape index (κ3) is 4.90. The van der Waals surface area contributed by atoms with Crippen LogP contribution in [0.15, 0.2) is 58.4 Å². The summed E-state index contributed by atoms with van der Waals surface area (Å²) in [6, 6.07) is 13.4. The number of rotatable bonds is 8. The zero-order valence-corrected chi connectivity index (χ0v) is 22.2. The van der Waals surface area contributed by atoms with Crippen LogP contribution in [0.2, 0.25) is 0 Å². The van der Waals surface area contributed by atoms with Gasteiger partial charge in [-0.1, -0.05) is 74.2 Å². The molecule has 0 spiro atoms. The van der Waals surface area contributed by atoms with Crippen LogP contribution in [0.25, 0.3) is 11.7 Å². The Hall–Kier alpha value is -2.97. The number of hydrogen-bond donors (Lipinski definition) is 0. The van der Waals surface area contributed by atoms with Gasteiger partial charge in [0.05, 0.1) is 16.5 Å². The van der Waals surface area contributed by atoms with Gasteiger partial charge < -0.3 is 4.90 Å². The van der Waals surface area contributed by atoms with Crippen LogP contribution in [-0.2, 0) is 4.79 Å². The van der Waals surface area contributed by atoms with Gasteiger partial charge in [0.15, 0.2) is 0 Å². The van der Waals surface area contributed by atoms with Crippen LogP contribution >= 0.6 is 24.0 Å². The number of carbonyl (C=O) groups is 1. The summed E-state index contributed by atoms with van der Waals surface area (Å²) in [6.45, 7) is 9.68. The Morgan fingerprint density at radius 3 is 2.43 bits per heavy atom. The molecule has 1 fully saturated rings. The molecule has 1 unspecified atom stereocenters. The minimum Gasteiger partial charge on any atom is -0.356 e. The Kier molecular flexibility index (Phi) is 7.72. The second kappa shape index (κ2) is 10.7. The fourth-order valence-corrected chi connectivity index (χ4v) is 5.76. The van der Waals surface area contributed by atoms with Gasteiger partial charge >= 0.3 is 0 Å². The molecule has 1 aromatic carbocycles. The number of nitrogens with zero attached hydrogens (tertiary/aromatic N) is 4. The highest BCUT2D eigenvalue weighted by Crippen LogP contribution is 2.38. The molecule has 0 aliphatic carbocycles. The maximum absolute atomic E-state index is 13.7. The van der Waals surface area contributed by atoms with Crippen molar-refractivity contribution in [2.24, 2.45) is 0 Å². The number of aryl methyl sites for hydroxylation is 1. The SMILES string of the molecule is CCCN(CCC)c1nc2c(C)cccn2c(=O)c1C=C1SC(=S)N(C(C)c2ccccc2)C1=O. The highest BCUT2D eigenvalue weighted by atomic mass is 32.2. The fourth-order valence-electron chi connectivity index (χ4n) is 4.36. The average Bonchev–Trinajstić information content (AvgIpc) is 3.13. The molecule has 1 aliphatic heterocycles. The van der Waals surface area contributed by atoms with Gasteiger partial charge in [0.2, 0.25) is 0 Å². The predicted octanol–water partition coefficient (Wildman–Crippen LogP) is 5.59. The molecule has 1 amide bonds. The molecule has 1 atom stereocenters. The summed E-state index contributed by atoms with van der Waals surface area (Å²) < 4.78 is 2.05. The number of amides is 1. The van der Waals surface area contributed by atoms with E-state index in [9.17, 15) is 9.59 Å². The molecule has 3 aromatic rings. The molecule has 182 valence electrons. The number of aromatic nitrogens is 2. The van der Waals surface area contributed by atoms with Crippen LogP contribution in [-0.4, -0.2) is 37.6 Å². The monoisotopic (exact) mass is 506 g/mol. The summed E-state index contributed by atoms with van der Waals surface area (Å²) in [5, 5.41) is 0. The molecular formula is C27H30N4O2S2. The standard InChI is InChI=1S/C27H30N4O2S2/c1-5-14-29(15-6-2)24-21(25(32)30-16-10-11-18(3)23(30)28-24)17-22-26(33)31(27(34)35-22)19(4)20-12-8-7-9-13-20/h7-13,16-17,19H,5-6,14-15H2,1-4H3. The van der Waals surface area contributed by atoms with Crippen molar-refractivity contribution in [2.45, 2.75) is 46.6 Å². The van der Waals surface area contributed by atoms with Gasteiger partial charge in [-0.15, -0.1) is 0 Å². The highest BCUT2D eigenvalue weighted by molar-refractivity contribution is 8.26. The molecule has 4 rings (SSSR count). The van der Waals surface area contributed by atoms with E-state index in [1.165, 1.54) is 11.8 Å². The van der Waals surface area contributed by atoms with Crippen molar-refractivity contribution in [1.82, 2.24) is 14.3 Å². The lowest BCUT2D eigenvalue weighted by Gasteiger charge is -2.25. The van der Waals surface area contributed by atoms with Crippen molar-refractivity contribution in [1.29, 1.82) is 0 Å². The van der Waals surface area contributed by atoms with Gasteiger partial charge in [-0.05, 0) is 50.0 Å². The number of carbonyl (C=O) groups excluding carboxylic acids is 1. The number of benzene rings is 1. The Morgan fingerprint density at radius 2 is 1.77 bits per heavy atom. The van der Waals surface area contributed by atoms with Crippen molar-refractivity contribution < 1.29 is 4.79 Å². The Balaban J connectivity index is 1.84. The smallest absolute Gasteiger partial charge is 0.267 e. The van der Waals surface area contributed by atoms with Gasteiger partial charge in [-0.3, -0.25) is 18.9 Å². The zero-order valence-electron chi connectivity index (χ0n) is 20.5. The minimum atomic E-state index is -0.204. The number of hydrogen-bond acceptors (Lipinski definition) is 6. The van der Waals surface area contributed by atoms with E-state index in [1.54, 1.807) is 21.6 Å². The normalized spacial score (nSPS) is 15.9. The van der Waals surface area contributed by atoms with Gasteiger partial charge in [-0.2, -0.15) is 0 Å². The van der Waals surface area contributed by atoms with Crippen LogP contribution in [0, 0.1) is 6.92 Å². The molecule has 0 radical (unpaired) electrons. The summed E-state index contributed by atoms with van der Waals surface area (Å²) in [7, 11) is 0. The van der Waals surface area contributed by atoms with E-state index >= 15 is 0 Å². The molecule has 0 saturated carbocycles. The summed E-state index contributed by atoms with van der Waals surface area (Å²) >= 11 is 6.84. The van der Waals surface area contributed by atoms with E-state index in [2.05, 4.69) is 18.7 Å². The van der Waals surface area contributed by atoms with Gasteiger partial charge in [0.1, 0.15) is 15.8 Å². The molecule has 8 heteroatoms. The van der Waals surface area contributed by atoms with Crippen LogP contribution in [0.5, 0.6) is 0 Å². The molecule has 0 N–H and O–H groups in total. The first-order valence-electron chi connectivity index (χ1n) is 12.0. The maximum atomic E-state index is 13.7. The van der Waals surface area contributed by atoms with E-state index in [-0.39, 0.29) is 17.5 Å². The maximum Gasteiger partial charge on any atom is 0.267 e. The quantitative estimate of drug-likeness (QED) is 0.293. The van der Waals surface area contributed by atoms with Gasteiger partial charge in [0, 0.05) is 19.3 Å². The van der Waals surface area contributed by atoms with Crippen molar-refractivity contribution in [3.8, 4) is 0 Å². The van der Waals surface area contributed by atoms with E-state index in [0.717, 1.165) is 37.1 Å². The fraction of sp³-hybridized carbons (Fsp3) is 0.333. The van der Waals surface area contributed by atoms with Crippen molar-refractivity contribution in [3.05, 3.63) is 80.6 Å². The first-order chi connectivity index (χ1) is 16.9. The van der Waals surface area contributed by atoms with E-state index < -0.39 is 0 Å². The van der Waals surface area contributed by atoms with Crippen LogP contribution in [0.3, 0.4) is 0 Å². The Labute approximate surface area is 215 Å². The third-order valence-electron chi connectivity index (χ3n) is 6.12. The zero-order chi connectivity index (χ0) is 25.1. The van der Waals surface area contributed by atoms with E-state index in [4.69, 9.17) is 17.2 Å². The van der Waals surface area contributed by atoms with Gasteiger partial charge in [-0.25, -0.2) is 4.98 Å². The summed E-state index contributed by atoms with van der Waals surface area (Å²) in [5.41, 5.74) is 2.79. The van der Waals surface area contributed by atoms with Crippen LogP contribution < -0.4 is 10.5 Å². The molecule has 0 bridgehead atoms. The number of thioether (sulfide) groups is 1. The number of pyridine rings is 1. The van der Waals surface area contributed by atoms with Gasteiger partial charge in [0.25, 0.3) is 11.5 Å². The summed E-state index contributed by atoms with van der Waals surface area (Å²) in [4.78, 5) is 36.4. The first kappa shape index (κ1) is 25.1. The lowest BCUT2D eigenvalue weighted by atomic mass is 10.1. The highest BCUT2D eigenvalue weighted by Gasteiger charge is 2.36. The number of anilines is 1. The minimum absolute atomic E-state index is 0.187. The Bertz CT molecular complexity index is 1340. The van der Waals surface area contributed by atoms with Crippen LogP contribution in [0.1, 0.15) is 56.3 Å². The second-order valence-corrected chi connectivity index (χ2v) is 10.3. The molecular weight excluding hydrogens is 476 g/mol. The molecule has 35 heavy (non-hydrogen) atoms.